The maximum Gasteiger partial charge on any atom is 0.264 e. The SMILES string of the molecule is CC(C)N1Cc2cc(C(=O)N3CCN(c4ccccc4)CC3)sc2C1. The van der Waals surface area contributed by atoms with Crippen LogP contribution in [0.15, 0.2) is 36.4 Å². The van der Waals surface area contributed by atoms with Crippen LogP contribution in [0.4, 0.5) is 5.69 Å². The molecule has 3 heterocycles. The van der Waals surface area contributed by atoms with E-state index in [0.29, 0.717) is 6.04 Å². The summed E-state index contributed by atoms with van der Waals surface area (Å²) in [5.41, 5.74) is 2.60. The van der Waals surface area contributed by atoms with Gasteiger partial charge in [-0.05, 0) is 37.6 Å². The van der Waals surface area contributed by atoms with Gasteiger partial charge in [0.15, 0.2) is 0 Å². The summed E-state index contributed by atoms with van der Waals surface area (Å²) in [6, 6.07) is 13.2. The van der Waals surface area contributed by atoms with Crippen LogP contribution in [0, 0.1) is 0 Å². The van der Waals surface area contributed by atoms with E-state index in [1.54, 1.807) is 11.3 Å². The number of carbonyl (C=O) groups is 1. The van der Waals surface area contributed by atoms with E-state index < -0.39 is 0 Å². The first kappa shape index (κ1) is 16.6. The van der Waals surface area contributed by atoms with Crippen molar-refractivity contribution in [1.82, 2.24) is 9.80 Å². The van der Waals surface area contributed by atoms with Gasteiger partial charge < -0.3 is 9.80 Å². The highest BCUT2D eigenvalue weighted by Crippen LogP contribution is 2.33. The second-order valence-corrected chi connectivity index (χ2v) is 8.31. The number of hydrogen-bond acceptors (Lipinski definition) is 4. The molecule has 0 radical (unpaired) electrons. The van der Waals surface area contributed by atoms with Gasteiger partial charge in [-0.2, -0.15) is 0 Å². The summed E-state index contributed by atoms with van der Waals surface area (Å²) in [4.78, 5) is 22.0. The fraction of sp³-hybridized carbons (Fsp3) is 0.450. The van der Waals surface area contributed by atoms with Gasteiger partial charge in [0.1, 0.15) is 0 Å². The van der Waals surface area contributed by atoms with Gasteiger partial charge in [-0.25, -0.2) is 0 Å². The Hall–Kier alpha value is -1.85. The lowest BCUT2D eigenvalue weighted by molar-refractivity contribution is 0.0751. The molecule has 1 fully saturated rings. The van der Waals surface area contributed by atoms with Crippen molar-refractivity contribution >= 4 is 22.9 Å². The first-order chi connectivity index (χ1) is 12.1. The van der Waals surface area contributed by atoms with E-state index in [1.165, 1.54) is 16.1 Å². The van der Waals surface area contributed by atoms with Gasteiger partial charge in [0.05, 0.1) is 4.88 Å². The van der Waals surface area contributed by atoms with Gasteiger partial charge in [-0.1, -0.05) is 18.2 Å². The van der Waals surface area contributed by atoms with Crippen LogP contribution in [0.5, 0.6) is 0 Å². The summed E-state index contributed by atoms with van der Waals surface area (Å²) in [7, 11) is 0. The van der Waals surface area contributed by atoms with Gasteiger partial charge in [-0.15, -0.1) is 11.3 Å². The molecule has 4 rings (SSSR count). The number of carbonyl (C=O) groups excluding carboxylic acids is 1. The highest BCUT2D eigenvalue weighted by molar-refractivity contribution is 7.14. The first-order valence-corrected chi connectivity index (χ1v) is 9.88. The Balaban J connectivity index is 1.38. The minimum Gasteiger partial charge on any atom is -0.368 e. The number of hydrogen-bond donors (Lipinski definition) is 0. The van der Waals surface area contributed by atoms with Crippen molar-refractivity contribution in [1.29, 1.82) is 0 Å². The van der Waals surface area contributed by atoms with Crippen LogP contribution in [0.25, 0.3) is 0 Å². The van der Waals surface area contributed by atoms with E-state index in [4.69, 9.17) is 0 Å². The average Bonchev–Trinajstić information content (AvgIpc) is 3.21. The van der Waals surface area contributed by atoms with Gasteiger partial charge in [-0.3, -0.25) is 9.69 Å². The summed E-state index contributed by atoms with van der Waals surface area (Å²) in [5, 5.41) is 0. The second-order valence-electron chi connectivity index (χ2n) is 7.17. The fourth-order valence-electron chi connectivity index (χ4n) is 3.63. The number of benzene rings is 1. The normalized spacial score (nSPS) is 18.0. The van der Waals surface area contributed by atoms with Crippen molar-refractivity contribution in [3.63, 3.8) is 0 Å². The molecular weight excluding hydrogens is 330 g/mol. The smallest absolute Gasteiger partial charge is 0.264 e. The van der Waals surface area contributed by atoms with E-state index in [0.717, 1.165) is 44.1 Å². The molecule has 2 aliphatic rings. The van der Waals surface area contributed by atoms with Crippen LogP contribution in [0.3, 0.4) is 0 Å². The molecule has 0 spiro atoms. The summed E-state index contributed by atoms with van der Waals surface area (Å²) >= 11 is 1.70. The van der Waals surface area contributed by atoms with Crippen LogP contribution in [-0.2, 0) is 13.1 Å². The summed E-state index contributed by atoms with van der Waals surface area (Å²) < 4.78 is 0. The molecule has 1 aromatic heterocycles. The number of amides is 1. The van der Waals surface area contributed by atoms with Crippen LogP contribution in [-0.4, -0.2) is 47.9 Å². The summed E-state index contributed by atoms with van der Waals surface area (Å²) in [6.07, 6.45) is 0. The zero-order chi connectivity index (χ0) is 17.4. The molecule has 0 unspecified atom stereocenters. The topological polar surface area (TPSA) is 26.8 Å². The molecule has 132 valence electrons. The van der Waals surface area contributed by atoms with E-state index >= 15 is 0 Å². The zero-order valence-electron chi connectivity index (χ0n) is 14.9. The van der Waals surface area contributed by atoms with E-state index in [9.17, 15) is 4.79 Å². The third-order valence-corrected chi connectivity index (χ3v) is 6.40. The molecule has 0 aliphatic carbocycles. The molecule has 0 atom stereocenters. The molecular formula is C20H25N3OS. The monoisotopic (exact) mass is 355 g/mol. The number of thiophene rings is 1. The van der Waals surface area contributed by atoms with E-state index in [1.807, 2.05) is 11.0 Å². The van der Waals surface area contributed by atoms with Crippen molar-refractivity contribution in [2.75, 3.05) is 31.1 Å². The Labute approximate surface area is 153 Å². The largest absolute Gasteiger partial charge is 0.368 e. The Kier molecular flexibility index (Phi) is 4.52. The zero-order valence-corrected chi connectivity index (χ0v) is 15.8. The molecule has 5 heteroatoms. The van der Waals surface area contributed by atoms with E-state index in [2.05, 4.69) is 54.0 Å². The number of fused-ring (bicyclic) bond motifs is 1. The Morgan fingerprint density at radius 3 is 2.40 bits per heavy atom. The van der Waals surface area contributed by atoms with Crippen LogP contribution < -0.4 is 4.90 Å². The third kappa shape index (κ3) is 3.31. The van der Waals surface area contributed by atoms with Crippen molar-refractivity contribution in [3.8, 4) is 0 Å². The van der Waals surface area contributed by atoms with E-state index in [-0.39, 0.29) is 5.91 Å². The first-order valence-electron chi connectivity index (χ1n) is 9.06. The van der Waals surface area contributed by atoms with Gasteiger partial charge >= 0.3 is 0 Å². The quantitative estimate of drug-likeness (QED) is 0.844. The highest BCUT2D eigenvalue weighted by atomic mass is 32.1. The molecule has 25 heavy (non-hydrogen) atoms. The number of nitrogens with zero attached hydrogens (tertiary/aromatic N) is 3. The van der Waals surface area contributed by atoms with Crippen LogP contribution >= 0.6 is 11.3 Å². The molecule has 0 N–H and O–H groups in total. The van der Waals surface area contributed by atoms with Gasteiger partial charge in [0.25, 0.3) is 5.91 Å². The second kappa shape index (κ2) is 6.81. The Morgan fingerprint density at radius 2 is 1.76 bits per heavy atom. The number of para-hydroxylation sites is 1. The molecule has 4 nitrogen and oxygen atoms in total. The number of rotatable bonds is 3. The van der Waals surface area contributed by atoms with Crippen LogP contribution in [0.2, 0.25) is 0 Å². The van der Waals surface area contributed by atoms with Gasteiger partial charge in [0.2, 0.25) is 0 Å². The maximum absolute atomic E-state index is 12.9. The maximum atomic E-state index is 12.9. The molecule has 2 aromatic rings. The summed E-state index contributed by atoms with van der Waals surface area (Å²) in [6.45, 7) is 9.85. The lowest BCUT2D eigenvalue weighted by atomic mass is 10.2. The predicted molar refractivity (Wildman–Crippen MR) is 103 cm³/mol. The average molecular weight is 356 g/mol. The summed E-state index contributed by atoms with van der Waals surface area (Å²) in [5.74, 6) is 0.211. The van der Waals surface area contributed by atoms with Crippen molar-refractivity contribution < 1.29 is 4.79 Å². The molecule has 2 aliphatic heterocycles. The third-order valence-electron chi connectivity index (χ3n) is 5.25. The minimum atomic E-state index is 0.211. The standard InChI is InChI=1S/C20H25N3OS/c1-15(2)23-13-16-12-18(25-19(16)14-23)20(24)22-10-8-21(9-11-22)17-6-4-3-5-7-17/h3-7,12,15H,8-11,13-14H2,1-2H3. The predicted octanol–water partition coefficient (Wildman–Crippen LogP) is 3.43. The molecule has 0 saturated carbocycles. The lowest BCUT2D eigenvalue weighted by Gasteiger charge is -2.36. The Morgan fingerprint density at radius 1 is 1.04 bits per heavy atom. The fourth-order valence-corrected chi connectivity index (χ4v) is 4.79. The molecule has 1 saturated heterocycles. The molecule has 1 aromatic carbocycles. The van der Waals surface area contributed by atoms with Crippen LogP contribution in [0.1, 0.15) is 34.0 Å². The van der Waals surface area contributed by atoms with Crippen molar-refractivity contribution in [2.24, 2.45) is 0 Å². The van der Waals surface area contributed by atoms with Gasteiger partial charge in [0, 0.05) is 55.9 Å². The van der Waals surface area contributed by atoms with Crippen molar-refractivity contribution in [3.05, 3.63) is 51.7 Å². The molecule has 1 amide bonds. The van der Waals surface area contributed by atoms with Crippen molar-refractivity contribution in [2.45, 2.75) is 33.0 Å². The number of anilines is 1. The minimum absolute atomic E-state index is 0.211. The number of piperazine rings is 1. The molecule has 0 bridgehead atoms. The Bertz CT molecular complexity index is 724. The highest BCUT2D eigenvalue weighted by Gasteiger charge is 2.28. The lowest BCUT2D eigenvalue weighted by Crippen LogP contribution is -2.48.